The second-order valence-electron chi connectivity index (χ2n) is 5.19. The van der Waals surface area contributed by atoms with Gasteiger partial charge in [0.05, 0.1) is 11.9 Å². The SMILES string of the molecule is CN1CCN(CCc2nc3ccc(N)cn3n2)CC1. The standard InChI is InChI=1S/C13H20N6/c1-17-6-8-18(9-7-17)5-4-12-15-13-3-2-11(14)10-19(13)16-12/h2-3,10H,4-9,14H2,1H3. The van der Waals surface area contributed by atoms with Gasteiger partial charge >= 0.3 is 0 Å². The van der Waals surface area contributed by atoms with Crippen LogP contribution in [-0.2, 0) is 6.42 Å². The van der Waals surface area contributed by atoms with E-state index in [-0.39, 0.29) is 0 Å². The van der Waals surface area contributed by atoms with E-state index in [2.05, 4.69) is 26.9 Å². The fraction of sp³-hybridized carbons (Fsp3) is 0.538. The van der Waals surface area contributed by atoms with Gasteiger partial charge in [0.1, 0.15) is 0 Å². The summed E-state index contributed by atoms with van der Waals surface area (Å²) in [5, 5.41) is 4.46. The van der Waals surface area contributed by atoms with E-state index in [9.17, 15) is 0 Å². The smallest absolute Gasteiger partial charge is 0.155 e. The number of likely N-dealkylation sites (N-methyl/N-ethyl adjacent to an activating group) is 1. The fourth-order valence-corrected chi connectivity index (χ4v) is 2.38. The Morgan fingerprint density at radius 2 is 2.00 bits per heavy atom. The summed E-state index contributed by atoms with van der Waals surface area (Å²) in [7, 11) is 2.17. The summed E-state index contributed by atoms with van der Waals surface area (Å²) in [5.41, 5.74) is 7.31. The molecule has 0 atom stereocenters. The van der Waals surface area contributed by atoms with Crippen LogP contribution in [0.1, 0.15) is 5.82 Å². The molecule has 3 rings (SSSR count). The molecular weight excluding hydrogens is 240 g/mol. The molecule has 1 saturated heterocycles. The number of hydrogen-bond acceptors (Lipinski definition) is 5. The minimum Gasteiger partial charge on any atom is -0.397 e. The second kappa shape index (κ2) is 5.14. The summed E-state index contributed by atoms with van der Waals surface area (Å²) in [6.07, 6.45) is 2.70. The van der Waals surface area contributed by atoms with Gasteiger partial charge in [-0.25, -0.2) is 9.50 Å². The van der Waals surface area contributed by atoms with Crippen molar-refractivity contribution in [3.05, 3.63) is 24.2 Å². The van der Waals surface area contributed by atoms with Crippen LogP contribution < -0.4 is 5.73 Å². The van der Waals surface area contributed by atoms with E-state index in [0.29, 0.717) is 5.69 Å². The van der Waals surface area contributed by atoms with E-state index in [0.717, 1.165) is 50.6 Å². The van der Waals surface area contributed by atoms with Gasteiger partial charge in [0.25, 0.3) is 0 Å². The maximum absolute atomic E-state index is 5.74. The Morgan fingerprint density at radius 3 is 2.79 bits per heavy atom. The number of nitrogen functional groups attached to an aromatic ring is 1. The van der Waals surface area contributed by atoms with Crippen molar-refractivity contribution in [1.82, 2.24) is 24.4 Å². The average Bonchev–Trinajstić information content (AvgIpc) is 2.80. The number of aromatic nitrogens is 3. The predicted molar refractivity (Wildman–Crippen MR) is 75.0 cm³/mol. The van der Waals surface area contributed by atoms with Crippen LogP contribution in [0.25, 0.3) is 5.65 Å². The van der Waals surface area contributed by atoms with Crippen LogP contribution in [0, 0.1) is 0 Å². The first-order chi connectivity index (χ1) is 9.20. The molecule has 0 saturated carbocycles. The molecule has 0 bridgehead atoms. The second-order valence-corrected chi connectivity index (χ2v) is 5.19. The Bertz CT molecular complexity index is 555. The van der Waals surface area contributed by atoms with Crippen molar-refractivity contribution in [2.45, 2.75) is 6.42 Å². The van der Waals surface area contributed by atoms with Gasteiger partial charge in [0.15, 0.2) is 11.5 Å². The van der Waals surface area contributed by atoms with Gasteiger partial charge in [-0.15, -0.1) is 0 Å². The minimum atomic E-state index is 0.711. The molecule has 6 nitrogen and oxygen atoms in total. The van der Waals surface area contributed by atoms with Crippen LogP contribution in [-0.4, -0.2) is 64.2 Å². The maximum Gasteiger partial charge on any atom is 0.155 e. The fourth-order valence-electron chi connectivity index (χ4n) is 2.38. The number of fused-ring (bicyclic) bond motifs is 1. The number of rotatable bonds is 3. The number of pyridine rings is 1. The summed E-state index contributed by atoms with van der Waals surface area (Å²) in [6, 6.07) is 3.76. The van der Waals surface area contributed by atoms with E-state index in [1.165, 1.54) is 0 Å². The molecule has 2 N–H and O–H groups in total. The normalized spacial score (nSPS) is 18.2. The van der Waals surface area contributed by atoms with E-state index in [4.69, 9.17) is 5.73 Å². The monoisotopic (exact) mass is 260 g/mol. The highest BCUT2D eigenvalue weighted by Crippen LogP contribution is 2.07. The summed E-state index contributed by atoms with van der Waals surface area (Å²) < 4.78 is 1.76. The lowest BCUT2D eigenvalue weighted by atomic mass is 10.3. The molecule has 1 fully saturated rings. The number of hydrogen-bond donors (Lipinski definition) is 1. The summed E-state index contributed by atoms with van der Waals surface area (Å²) >= 11 is 0. The third kappa shape index (κ3) is 2.85. The topological polar surface area (TPSA) is 62.7 Å². The van der Waals surface area contributed by atoms with Gasteiger partial charge in [-0.2, -0.15) is 5.10 Å². The molecule has 0 unspecified atom stereocenters. The first-order valence-corrected chi connectivity index (χ1v) is 6.72. The van der Waals surface area contributed by atoms with Crippen LogP contribution in [0.4, 0.5) is 5.69 Å². The Kier molecular flexibility index (Phi) is 3.35. The van der Waals surface area contributed by atoms with Crippen molar-refractivity contribution in [3.8, 4) is 0 Å². The van der Waals surface area contributed by atoms with E-state index in [1.807, 2.05) is 18.3 Å². The molecule has 2 aromatic rings. The molecule has 6 heteroatoms. The zero-order valence-electron chi connectivity index (χ0n) is 11.3. The zero-order chi connectivity index (χ0) is 13.2. The molecule has 2 aromatic heterocycles. The summed E-state index contributed by atoms with van der Waals surface area (Å²) in [4.78, 5) is 9.35. The van der Waals surface area contributed by atoms with Crippen LogP contribution >= 0.6 is 0 Å². The van der Waals surface area contributed by atoms with Crippen molar-refractivity contribution < 1.29 is 0 Å². The van der Waals surface area contributed by atoms with Gasteiger partial charge in [-0.05, 0) is 19.2 Å². The van der Waals surface area contributed by atoms with E-state index < -0.39 is 0 Å². The minimum absolute atomic E-state index is 0.711. The van der Waals surface area contributed by atoms with E-state index in [1.54, 1.807) is 4.52 Å². The quantitative estimate of drug-likeness (QED) is 0.848. The van der Waals surface area contributed by atoms with Crippen LogP contribution in [0.2, 0.25) is 0 Å². The summed E-state index contributed by atoms with van der Waals surface area (Å²) in [5.74, 6) is 0.893. The van der Waals surface area contributed by atoms with Gasteiger partial charge in [-0.3, -0.25) is 0 Å². The third-order valence-corrected chi connectivity index (χ3v) is 3.65. The molecule has 1 aliphatic heterocycles. The predicted octanol–water partition coefficient (Wildman–Crippen LogP) is 0.101. The van der Waals surface area contributed by atoms with Crippen molar-refractivity contribution in [2.24, 2.45) is 0 Å². The molecule has 0 radical (unpaired) electrons. The van der Waals surface area contributed by atoms with Crippen molar-refractivity contribution in [1.29, 1.82) is 0 Å². The lowest BCUT2D eigenvalue weighted by molar-refractivity contribution is 0.155. The van der Waals surface area contributed by atoms with Crippen LogP contribution in [0.15, 0.2) is 18.3 Å². The Labute approximate surface area is 112 Å². The largest absolute Gasteiger partial charge is 0.397 e. The Hall–Kier alpha value is -1.66. The molecule has 102 valence electrons. The number of anilines is 1. The number of piperazine rings is 1. The first kappa shape index (κ1) is 12.4. The van der Waals surface area contributed by atoms with Crippen molar-refractivity contribution in [2.75, 3.05) is 45.5 Å². The average molecular weight is 260 g/mol. The lowest BCUT2D eigenvalue weighted by Gasteiger charge is -2.31. The number of nitrogens with zero attached hydrogens (tertiary/aromatic N) is 5. The molecule has 0 aromatic carbocycles. The molecular formula is C13H20N6. The molecule has 19 heavy (non-hydrogen) atoms. The van der Waals surface area contributed by atoms with Crippen molar-refractivity contribution >= 4 is 11.3 Å². The number of nitrogens with two attached hydrogens (primary N) is 1. The highest BCUT2D eigenvalue weighted by Gasteiger charge is 2.14. The van der Waals surface area contributed by atoms with Crippen molar-refractivity contribution in [3.63, 3.8) is 0 Å². The van der Waals surface area contributed by atoms with Gasteiger partial charge in [0, 0.05) is 39.1 Å². The van der Waals surface area contributed by atoms with Crippen LogP contribution in [0.3, 0.4) is 0 Å². The first-order valence-electron chi connectivity index (χ1n) is 6.72. The van der Waals surface area contributed by atoms with Gasteiger partial charge in [0.2, 0.25) is 0 Å². The maximum atomic E-state index is 5.74. The van der Waals surface area contributed by atoms with E-state index >= 15 is 0 Å². The molecule has 0 amide bonds. The van der Waals surface area contributed by atoms with Gasteiger partial charge in [-0.1, -0.05) is 0 Å². The zero-order valence-corrected chi connectivity index (χ0v) is 11.3. The van der Waals surface area contributed by atoms with Gasteiger partial charge < -0.3 is 15.5 Å². The molecule has 0 spiro atoms. The lowest BCUT2D eigenvalue weighted by Crippen LogP contribution is -2.45. The molecule has 0 aliphatic carbocycles. The highest BCUT2D eigenvalue weighted by atomic mass is 15.3. The highest BCUT2D eigenvalue weighted by molar-refractivity contribution is 5.46. The molecule has 1 aliphatic rings. The Morgan fingerprint density at radius 1 is 1.21 bits per heavy atom. The van der Waals surface area contributed by atoms with Crippen LogP contribution in [0.5, 0.6) is 0 Å². The third-order valence-electron chi connectivity index (χ3n) is 3.65. The molecule has 3 heterocycles. The Balaban J connectivity index is 1.62. The summed E-state index contributed by atoms with van der Waals surface area (Å²) in [6.45, 7) is 5.60.